The van der Waals surface area contributed by atoms with Crippen molar-refractivity contribution >= 4 is 6.08 Å². The van der Waals surface area contributed by atoms with E-state index in [1.165, 1.54) is 17.7 Å². The third-order valence-electron chi connectivity index (χ3n) is 5.15. The highest BCUT2D eigenvalue weighted by atomic mass is 19.4. The van der Waals surface area contributed by atoms with Gasteiger partial charge in [0, 0.05) is 5.56 Å². The van der Waals surface area contributed by atoms with Crippen molar-refractivity contribution in [2.45, 2.75) is 25.4 Å². The Morgan fingerprint density at radius 2 is 1.38 bits per heavy atom. The van der Waals surface area contributed by atoms with Crippen molar-refractivity contribution in [3.63, 3.8) is 0 Å². The van der Waals surface area contributed by atoms with Crippen molar-refractivity contribution in [1.82, 2.24) is 0 Å². The summed E-state index contributed by atoms with van der Waals surface area (Å²) in [6, 6.07) is 18.2. The maximum Gasteiger partial charge on any atom is 0.458 e. The van der Waals surface area contributed by atoms with Gasteiger partial charge in [-0.15, -0.1) is 0 Å². The zero-order valence-corrected chi connectivity index (χ0v) is 15.5. The van der Waals surface area contributed by atoms with E-state index < -0.39 is 17.7 Å². The van der Waals surface area contributed by atoms with Crippen LogP contribution in [0.5, 0.6) is 0 Å². The molecule has 0 heterocycles. The van der Waals surface area contributed by atoms with Crippen molar-refractivity contribution in [1.29, 1.82) is 0 Å². The largest absolute Gasteiger partial charge is 0.458 e. The second kappa shape index (κ2) is 6.83. The molecule has 0 spiro atoms. The standard InChI is InChI=1S/C24H17F5/c1-15-11-19-13-18(16-5-3-2-4-6-16)14-22(21(19)12-15)17-7-9-20(10-8-17)23(25,26)24(27,28)29/h2-10,12-14H,11H2,1H3. The van der Waals surface area contributed by atoms with Gasteiger partial charge in [-0.2, -0.15) is 22.0 Å². The lowest BCUT2D eigenvalue weighted by Gasteiger charge is -2.20. The van der Waals surface area contributed by atoms with Crippen LogP contribution in [0, 0.1) is 0 Å². The van der Waals surface area contributed by atoms with E-state index in [0.717, 1.165) is 46.4 Å². The molecule has 0 amide bonds. The number of rotatable bonds is 3. The molecule has 0 bridgehead atoms. The molecule has 1 aliphatic carbocycles. The van der Waals surface area contributed by atoms with Crippen molar-refractivity contribution in [3.05, 3.63) is 89.0 Å². The second-order valence-electron chi connectivity index (χ2n) is 7.28. The van der Waals surface area contributed by atoms with Gasteiger partial charge in [0.05, 0.1) is 0 Å². The molecule has 1 aliphatic rings. The summed E-state index contributed by atoms with van der Waals surface area (Å²) in [5.41, 5.74) is 5.63. The molecule has 4 rings (SSSR count). The molecule has 148 valence electrons. The molecule has 3 aromatic rings. The summed E-state index contributed by atoms with van der Waals surface area (Å²) in [5, 5.41) is 0. The Hall–Kier alpha value is -2.95. The molecule has 0 aliphatic heterocycles. The quantitative estimate of drug-likeness (QED) is 0.397. The first kappa shape index (κ1) is 19.4. The Morgan fingerprint density at radius 1 is 0.724 bits per heavy atom. The van der Waals surface area contributed by atoms with Crippen molar-refractivity contribution in [3.8, 4) is 22.3 Å². The van der Waals surface area contributed by atoms with E-state index >= 15 is 0 Å². The molecule has 0 saturated heterocycles. The van der Waals surface area contributed by atoms with Gasteiger partial charge in [-0.25, -0.2) is 0 Å². The predicted molar refractivity (Wildman–Crippen MR) is 105 cm³/mol. The van der Waals surface area contributed by atoms with Gasteiger partial charge in [-0.3, -0.25) is 0 Å². The smallest absolute Gasteiger partial charge is 0.191 e. The Kier molecular flexibility index (Phi) is 4.56. The SMILES string of the molecule is CC1=Cc2c(cc(-c3ccccc3)cc2-c2ccc(C(F)(F)C(F)(F)F)cc2)C1. The number of hydrogen-bond acceptors (Lipinski definition) is 0. The lowest BCUT2D eigenvalue weighted by atomic mass is 9.91. The zero-order chi connectivity index (χ0) is 20.8. The molecular weight excluding hydrogens is 383 g/mol. The number of fused-ring (bicyclic) bond motifs is 1. The van der Waals surface area contributed by atoms with Crippen LogP contribution >= 0.6 is 0 Å². The van der Waals surface area contributed by atoms with Gasteiger partial charge in [-0.05, 0) is 52.8 Å². The van der Waals surface area contributed by atoms with Crippen LogP contribution in [-0.2, 0) is 12.3 Å². The van der Waals surface area contributed by atoms with Crippen LogP contribution in [0.3, 0.4) is 0 Å². The maximum absolute atomic E-state index is 13.6. The van der Waals surface area contributed by atoms with Crippen LogP contribution < -0.4 is 0 Å². The fourth-order valence-electron chi connectivity index (χ4n) is 3.69. The normalized spacial score (nSPS) is 13.9. The van der Waals surface area contributed by atoms with Crippen LogP contribution in [0.2, 0.25) is 0 Å². The summed E-state index contributed by atoms with van der Waals surface area (Å²) in [7, 11) is 0. The zero-order valence-electron chi connectivity index (χ0n) is 15.5. The van der Waals surface area contributed by atoms with Crippen molar-refractivity contribution < 1.29 is 22.0 Å². The fourth-order valence-corrected chi connectivity index (χ4v) is 3.69. The Morgan fingerprint density at radius 3 is 2.00 bits per heavy atom. The molecule has 0 nitrogen and oxygen atoms in total. The molecule has 0 radical (unpaired) electrons. The van der Waals surface area contributed by atoms with Gasteiger partial charge in [0.2, 0.25) is 0 Å². The van der Waals surface area contributed by atoms with Crippen LogP contribution in [-0.4, -0.2) is 6.18 Å². The summed E-state index contributed by atoms with van der Waals surface area (Å²) < 4.78 is 65.2. The van der Waals surface area contributed by atoms with Gasteiger partial charge in [-0.1, -0.05) is 72.3 Å². The predicted octanol–water partition coefficient (Wildman–Crippen LogP) is 7.63. The minimum Gasteiger partial charge on any atom is -0.191 e. The topological polar surface area (TPSA) is 0 Å². The third-order valence-corrected chi connectivity index (χ3v) is 5.15. The first-order valence-electron chi connectivity index (χ1n) is 9.12. The average Bonchev–Trinajstić information content (AvgIpc) is 3.07. The van der Waals surface area contributed by atoms with Gasteiger partial charge in [0.15, 0.2) is 0 Å². The summed E-state index contributed by atoms with van der Waals surface area (Å²) in [6.07, 6.45) is -2.80. The van der Waals surface area contributed by atoms with Crippen LogP contribution in [0.4, 0.5) is 22.0 Å². The molecule has 0 atom stereocenters. The molecular formula is C24H17F5. The minimum atomic E-state index is -5.62. The highest BCUT2D eigenvalue weighted by Gasteiger charge is 2.58. The van der Waals surface area contributed by atoms with Gasteiger partial charge >= 0.3 is 12.1 Å². The Labute approximate surface area is 165 Å². The average molecular weight is 400 g/mol. The fraction of sp³-hybridized carbons (Fsp3) is 0.167. The summed E-state index contributed by atoms with van der Waals surface area (Å²) >= 11 is 0. The van der Waals surface area contributed by atoms with Gasteiger partial charge < -0.3 is 0 Å². The van der Waals surface area contributed by atoms with E-state index in [9.17, 15) is 22.0 Å². The Bertz CT molecular complexity index is 1070. The molecule has 0 N–H and O–H groups in total. The number of allylic oxidation sites excluding steroid dienone is 1. The lowest BCUT2D eigenvalue weighted by Crippen LogP contribution is -2.33. The van der Waals surface area contributed by atoms with E-state index in [1.807, 2.05) is 49.4 Å². The molecule has 0 unspecified atom stereocenters. The van der Waals surface area contributed by atoms with E-state index in [1.54, 1.807) is 0 Å². The number of alkyl halides is 5. The highest BCUT2D eigenvalue weighted by Crippen LogP contribution is 2.45. The summed E-state index contributed by atoms with van der Waals surface area (Å²) in [6.45, 7) is 2.01. The molecule has 0 saturated carbocycles. The molecule has 0 fully saturated rings. The maximum atomic E-state index is 13.6. The van der Waals surface area contributed by atoms with Gasteiger partial charge in [0.25, 0.3) is 0 Å². The van der Waals surface area contributed by atoms with E-state index in [4.69, 9.17) is 0 Å². The molecule has 5 heteroatoms. The van der Waals surface area contributed by atoms with Crippen LogP contribution in [0.25, 0.3) is 28.3 Å². The molecule has 29 heavy (non-hydrogen) atoms. The monoisotopic (exact) mass is 400 g/mol. The first-order valence-corrected chi connectivity index (χ1v) is 9.12. The number of benzene rings is 3. The minimum absolute atomic E-state index is 0.603. The van der Waals surface area contributed by atoms with Crippen LogP contribution in [0.1, 0.15) is 23.6 Å². The third kappa shape index (κ3) is 3.46. The summed E-state index contributed by atoms with van der Waals surface area (Å²) in [5.74, 6) is -4.88. The first-order chi connectivity index (χ1) is 13.7. The Balaban J connectivity index is 1.82. The lowest BCUT2D eigenvalue weighted by molar-refractivity contribution is -0.289. The van der Waals surface area contributed by atoms with E-state index in [2.05, 4.69) is 6.07 Å². The van der Waals surface area contributed by atoms with E-state index in [0.29, 0.717) is 5.56 Å². The van der Waals surface area contributed by atoms with E-state index in [-0.39, 0.29) is 0 Å². The number of hydrogen-bond donors (Lipinski definition) is 0. The highest BCUT2D eigenvalue weighted by molar-refractivity contribution is 5.85. The van der Waals surface area contributed by atoms with Crippen molar-refractivity contribution in [2.24, 2.45) is 0 Å². The molecule has 0 aromatic heterocycles. The number of halogens is 5. The molecule has 3 aromatic carbocycles. The van der Waals surface area contributed by atoms with Crippen molar-refractivity contribution in [2.75, 3.05) is 0 Å². The second-order valence-corrected chi connectivity index (χ2v) is 7.28. The van der Waals surface area contributed by atoms with Crippen LogP contribution in [0.15, 0.2) is 72.3 Å². The summed E-state index contributed by atoms with van der Waals surface area (Å²) in [4.78, 5) is 0. The van der Waals surface area contributed by atoms with Gasteiger partial charge in [0.1, 0.15) is 0 Å².